The first-order valence-corrected chi connectivity index (χ1v) is 8.80. The van der Waals surface area contributed by atoms with Gasteiger partial charge in [0.15, 0.2) is 0 Å². The Morgan fingerprint density at radius 2 is 1.05 bits per heavy atom. The summed E-state index contributed by atoms with van der Waals surface area (Å²) in [5.41, 5.74) is 0. The van der Waals surface area contributed by atoms with Crippen molar-refractivity contribution < 1.29 is 4.48 Å². The van der Waals surface area contributed by atoms with Gasteiger partial charge >= 0.3 is 0 Å². The van der Waals surface area contributed by atoms with E-state index in [4.69, 9.17) is 0 Å². The molecule has 0 saturated heterocycles. The van der Waals surface area contributed by atoms with Crippen molar-refractivity contribution in [2.24, 2.45) is 5.92 Å². The molecule has 0 heterocycles. The van der Waals surface area contributed by atoms with Gasteiger partial charge in [0.05, 0.1) is 27.7 Å². The van der Waals surface area contributed by atoms with Crippen LogP contribution in [0, 0.1) is 5.92 Å². The smallest absolute Gasteiger partial charge is 0.0809 e. The molecule has 1 nitrogen and oxygen atoms in total. The van der Waals surface area contributed by atoms with Crippen LogP contribution in [-0.4, -0.2) is 32.2 Å². The summed E-state index contributed by atoms with van der Waals surface area (Å²) in [6, 6.07) is 0. The van der Waals surface area contributed by atoms with E-state index in [1.165, 1.54) is 77.2 Å². The van der Waals surface area contributed by atoms with E-state index in [1.807, 2.05) is 0 Å². The third-order valence-electron chi connectivity index (χ3n) is 3.99. The summed E-state index contributed by atoms with van der Waals surface area (Å²) in [7, 11) is 7.03. The van der Waals surface area contributed by atoms with Crippen molar-refractivity contribution in [3.63, 3.8) is 0 Å². The van der Waals surface area contributed by atoms with Gasteiger partial charge in [-0.2, -0.15) is 0 Å². The van der Waals surface area contributed by atoms with Crippen LogP contribution in [0.25, 0.3) is 0 Å². The molecule has 0 spiro atoms. The second-order valence-corrected chi connectivity index (χ2v) is 7.39. The standard InChI is InChI=1S/C18H40N/c1-6-8-10-12-14-16-18(17-19(3,4)5)15-13-11-9-7-2/h18H,6-17H2,1-5H3/q+1. The molecule has 0 saturated carbocycles. The summed E-state index contributed by atoms with van der Waals surface area (Å²) < 4.78 is 1.13. The van der Waals surface area contributed by atoms with E-state index in [0.29, 0.717) is 0 Å². The van der Waals surface area contributed by atoms with Crippen LogP contribution in [0.3, 0.4) is 0 Å². The van der Waals surface area contributed by atoms with Crippen LogP contribution in [0.1, 0.15) is 84.5 Å². The largest absolute Gasteiger partial charge is 0.331 e. The maximum Gasteiger partial charge on any atom is 0.0809 e. The third-order valence-corrected chi connectivity index (χ3v) is 3.99. The summed E-state index contributed by atoms with van der Waals surface area (Å²) in [5, 5.41) is 0. The molecule has 0 aromatic heterocycles. The fraction of sp³-hybridized carbons (Fsp3) is 1.00. The summed E-state index contributed by atoms with van der Waals surface area (Å²) >= 11 is 0. The maximum atomic E-state index is 2.34. The monoisotopic (exact) mass is 270 g/mol. The van der Waals surface area contributed by atoms with Crippen molar-refractivity contribution in [2.75, 3.05) is 27.7 Å². The lowest BCUT2D eigenvalue weighted by molar-refractivity contribution is -0.874. The Bertz CT molecular complexity index is 181. The quantitative estimate of drug-likeness (QED) is 0.300. The van der Waals surface area contributed by atoms with Gasteiger partial charge in [0, 0.05) is 5.92 Å². The van der Waals surface area contributed by atoms with E-state index < -0.39 is 0 Å². The predicted molar refractivity (Wildman–Crippen MR) is 88.5 cm³/mol. The first-order chi connectivity index (χ1) is 8.99. The van der Waals surface area contributed by atoms with Gasteiger partial charge in [-0.15, -0.1) is 0 Å². The van der Waals surface area contributed by atoms with Crippen molar-refractivity contribution in [1.82, 2.24) is 0 Å². The minimum atomic E-state index is 0.957. The highest BCUT2D eigenvalue weighted by Crippen LogP contribution is 2.20. The lowest BCUT2D eigenvalue weighted by atomic mass is 9.93. The molecule has 1 atom stereocenters. The van der Waals surface area contributed by atoms with Crippen LogP contribution in [0.5, 0.6) is 0 Å². The van der Waals surface area contributed by atoms with Crippen molar-refractivity contribution in [3.05, 3.63) is 0 Å². The van der Waals surface area contributed by atoms with Gasteiger partial charge in [-0.25, -0.2) is 0 Å². The Morgan fingerprint density at radius 3 is 1.47 bits per heavy atom. The Labute approximate surface area is 123 Å². The van der Waals surface area contributed by atoms with E-state index in [2.05, 4.69) is 35.0 Å². The van der Waals surface area contributed by atoms with Crippen LogP contribution in [0.4, 0.5) is 0 Å². The van der Waals surface area contributed by atoms with Crippen molar-refractivity contribution in [2.45, 2.75) is 84.5 Å². The van der Waals surface area contributed by atoms with Gasteiger partial charge in [-0.05, 0) is 12.8 Å². The Kier molecular flexibility index (Phi) is 11.7. The second kappa shape index (κ2) is 11.8. The SMILES string of the molecule is CCCCCCCC(CCCCCC)C[N+](C)(C)C. The minimum absolute atomic E-state index is 0.957. The number of quaternary nitrogens is 1. The van der Waals surface area contributed by atoms with Crippen LogP contribution in [0.15, 0.2) is 0 Å². The van der Waals surface area contributed by atoms with E-state index in [-0.39, 0.29) is 0 Å². The zero-order valence-electron chi connectivity index (χ0n) is 14.5. The highest BCUT2D eigenvalue weighted by molar-refractivity contribution is 4.60. The molecule has 0 N–H and O–H groups in total. The molecule has 0 radical (unpaired) electrons. The van der Waals surface area contributed by atoms with Crippen molar-refractivity contribution >= 4 is 0 Å². The molecule has 116 valence electrons. The predicted octanol–water partition coefficient (Wildman–Crippen LogP) is 5.64. The topological polar surface area (TPSA) is 0 Å². The van der Waals surface area contributed by atoms with Gasteiger partial charge in [0.2, 0.25) is 0 Å². The van der Waals surface area contributed by atoms with Crippen LogP contribution in [0.2, 0.25) is 0 Å². The van der Waals surface area contributed by atoms with E-state index in [1.54, 1.807) is 0 Å². The lowest BCUT2D eigenvalue weighted by Gasteiger charge is -2.29. The number of hydrogen-bond donors (Lipinski definition) is 0. The fourth-order valence-corrected chi connectivity index (χ4v) is 3.00. The first kappa shape index (κ1) is 19.0. The summed E-state index contributed by atoms with van der Waals surface area (Å²) in [6.07, 6.45) is 15.8. The first-order valence-electron chi connectivity index (χ1n) is 8.80. The summed E-state index contributed by atoms with van der Waals surface area (Å²) in [6.45, 7) is 5.96. The molecule has 1 unspecified atom stereocenters. The number of unbranched alkanes of at least 4 members (excludes halogenated alkanes) is 7. The molecule has 19 heavy (non-hydrogen) atoms. The summed E-state index contributed by atoms with van der Waals surface area (Å²) in [4.78, 5) is 0. The highest BCUT2D eigenvalue weighted by Gasteiger charge is 2.17. The van der Waals surface area contributed by atoms with Crippen molar-refractivity contribution in [3.8, 4) is 0 Å². The molecule has 0 aromatic carbocycles. The fourth-order valence-electron chi connectivity index (χ4n) is 3.00. The van der Waals surface area contributed by atoms with Gasteiger partial charge in [0.1, 0.15) is 0 Å². The lowest BCUT2D eigenvalue weighted by Crippen LogP contribution is -2.39. The molecule has 0 aliphatic rings. The normalized spacial score (nSPS) is 13.7. The van der Waals surface area contributed by atoms with Gasteiger partial charge in [-0.3, -0.25) is 0 Å². The molecular weight excluding hydrogens is 230 g/mol. The molecular formula is C18H40N+. The average Bonchev–Trinajstić information content (AvgIpc) is 2.32. The van der Waals surface area contributed by atoms with Crippen LogP contribution in [-0.2, 0) is 0 Å². The minimum Gasteiger partial charge on any atom is -0.331 e. The molecule has 0 fully saturated rings. The molecule has 0 aliphatic heterocycles. The average molecular weight is 271 g/mol. The number of hydrogen-bond acceptors (Lipinski definition) is 0. The Hall–Kier alpha value is -0.0400. The van der Waals surface area contributed by atoms with Crippen LogP contribution < -0.4 is 0 Å². The summed E-state index contributed by atoms with van der Waals surface area (Å²) in [5.74, 6) is 0.957. The van der Waals surface area contributed by atoms with Crippen molar-refractivity contribution in [1.29, 1.82) is 0 Å². The Morgan fingerprint density at radius 1 is 0.632 bits per heavy atom. The number of rotatable bonds is 13. The number of nitrogens with zero attached hydrogens (tertiary/aromatic N) is 1. The van der Waals surface area contributed by atoms with Crippen LogP contribution >= 0.6 is 0 Å². The van der Waals surface area contributed by atoms with E-state index >= 15 is 0 Å². The molecule has 0 aromatic rings. The van der Waals surface area contributed by atoms with E-state index in [9.17, 15) is 0 Å². The highest BCUT2D eigenvalue weighted by atomic mass is 15.3. The molecule has 0 bridgehead atoms. The second-order valence-electron chi connectivity index (χ2n) is 7.39. The zero-order valence-corrected chi connectivity index (χ0v) is 14.5. The van der Waals surface area contributed by atoms with E-state index in [0.717, 1.165) is 10.4 Å². The molecule has 0 amide bonds. The van der Waals surface area contributed by atoms with Gasteiger partial charge in [-0.1, -0.05) is 71.6 Å². The Balaban J connectivity index is 3.83. The maximum absolute atomic E-state index is 2.34. The molecule has 0 rings (SSSR count). The molecule has 1 heteroatoms. The molecule has 0 aliphatic carbocycles. The third kappa shape index (κ3) is 14.2. The zero-order chi connectivity index (χ0) is 14.6. The van der Waals surface area contributed by atoms with Gasteiger partial charge in [0.25, 0.3) is 0 Å². The van der Waals surface area contributed by atoms with Gasteiger partial charge < -0.3 is 4.48 Å².